The van der Waals surface area contributed by atoms with E-state index in [1.807, 2.05) is 30.3 Å². The predicted octanol–water partition coefficient (Wildman–Crippen LogP) is 12.6. The fraction of sp³-hybridized carbons (Fsp3) is 0. The molecule has 0 aliphatic carbocycles. The first kappa shape index (κ1) is 15.0. The van der Waals surface area contributed by atoms with Crippen molar-refractivity contribution in [1.82, 2.24) is 13.7 Å². The largest absolute Gasteiger partial charge is 0.309 e. The van der Waals surface area contributed by atoms with Gasteiger partial charge in [0, 0.05) is 43.6 Å². The monoisotopic (exact) mass is 669 g/mol. The summed E-state index contributed by atoms with van der Waals surface area (Å²) in [6.45, 7) is 0. The van der Waals surface area contributed by atoms with E-state index in [2.05, 4.69) is 0 Å². The van der Waals surface area contributed by atoms with E-state index in [9.17, 15) is 13.7 Å². The van der Waals surface area contributed by atoms with Crippen LogP contribution in [0.25, 0.3) is 93.6 Å². The molecule has 3 nitrogen and oxygen atoms in total. The zero-order valence-electron chi connectivity index (χ0n) is 46.2. The van der Waals surface area contributed by atoms with Crippen LogP contribution < -0.4 is 0 Å². The Labute approximate surface area is 322 Å². The lowest BCUT2D eigenvalue weighted by Crippen LogP contribution is -1.98. The van der Waals surface area contributed by atoms with Crippen LogP contribution in [0.1, 0.15) is 27.4 Å². The van der Waals surface area contributed by atoms with E-state index in [1.54, 1.807) is 24.3 Å². The summed E-state index contributed by atoms with van der Waals surface area (Å²) >= 11 is 0. The van der Waals surface area contributed by atoms with Gasteiger partial charge in [-0.15, -0.1) is 0 Å². The third kappa shape index (κ3) is 4.00. The molecule has 0 aliphatic rings. The molecule has 0 fully saturated rings. The summed E-state index contributed by atoms with van der Waals surface area (Å²) in [4.78, 5) is 0. The maximum Gasteiger partial charge on any atom is 0.0646 e. The van der Waals surface area contributed by atoms with Gasteiger partial charge in [-0.1, -0.05) is 127 Å². The van der Waals surface area contributed by atoms with Gasteiger partial charge in [-0.25, -0.2) is 0 Å². The SMILES string of the molecule is [2H]c1cc2c3c(-n4c5c([2H])c([2H])c([2H])c([2H])c5c5c([2H])c([2H])c([2H])c([2H])c54)c([2H])c([2H])c([2H])c3n(-c3cc4c5c([2H])c([2H])c([2H])c([2H])c5n(-c5ccccc5-c5ccccc5)c4c([2H])c3[2H])c2c([2H])c1[2H]. The summed E-state index contributed by atoms with van der Waals surface area (Å²) in [5.74, 6) is 0. The Morgan fingerprint density at radius 3 is 1.63 bits per heavy atom. The summed E-state index contributed by atoms with van der Waals surface area (Å²) < 4.78 is 186. The molecule has 11 aromatic rings. The number of rotatable bonds is 4. The first-order valence-electron chi connectivity index (χ1n) is 25.9. The van der Waals surface area contributed by atoms with E-state index in [-0.39, 0.29) is 60.1 Å². The normalized spacial score (nSPS) is 17.4. The lowest BCUT2D eigenvalue weighted by molar-refractivity contribution is 1.16. The number of nitrogens with zero attached hydrogens (tertiary/aromatic N) is 3. The first-order valence-corrected chi connectivity index (χ1v) is 15.9. The van der Waals surface area contributed by atoms with Crippen LogP contribution in [0.2, 0.25) is 0 Å². The van der Waals surface area contributed by atoms with Crippen LogP contribution in [0.15, 0.2) is 188 Å². The second-order valence-electron chi connectivity index (χ2n) is 11.9. The Morgan fingerprint density at radius 1 is 0.353 bits per heavy atom. The zero-order valence-corrected chi connectivity index (χ0v) is 26.2. The second kappa shape index (κ2) is 10.8. The number of benzene rings is 8. The highest BCUT2D eigenvalue weighted by molar-refractivity contribution is 6.17. The maximum atomic E-state index is 9.84. The minimum Gasteiger partial charge on any atom is -0.309 e. The van der Waals surface area contributed by atoms with Crippen LogP contribution >= 0.6 is 0 Å². The number of para-hydroxylation sites is 5. The lowest BCUT2D eigenvalue weighted by Gasteiger charge is -2.14. The van der Waals surface area contributed by atoms with Crippen molar-refractivity contribution in [3.63, 3.8) is 0 Å². The van der Waals surface area contributed by atoms with E-state index < -0.39 is 138 Å². The third-order valence-corrected chi connectivity index (χ3v) is 9.23. The van der Waals surface area contributed by atoms with Gasteiger partial charge in [-0.2, -0.15) is 0 Å². The van der Waals surface area contributed by atoms with Crippen LogP contribution in [0.3, 0.4) is 0 Å². The van der Waals surface area contributed by atoms with Crippen molar-refractivity contribution < 1.29 is 27.4 Å². The van der Waals surface area contributed by atoms with E-state index in [0.717, 1.165) is 20.8 Å². The van der Waals surface area contributed by atoms with Crippen molar-refractivity contribution in [2.45, 2.75) is 0 Å². The van der Waals surface area contributed by atoms with Gasteiger partial charge in [0.1, 0.15) is 0 Å². The predicted molar refractivity (Wildman–Crippen MR) is 215 cm³/mol. The van der Waals surface area contributed by atoms with Crippen molar-refractivity contribution in [2.75, 3.05) is 0 Å². The van der Waals surface area contributed by atoms with E-state index in [1.165, 1.54) is 10.6 Å². The van der Waals surface area contributed by atoms with Crippen LogP contribution in [-0.4, -0.2) is 13.7 Å². The highest BCUT2D eigenvalue weighted by Crippen LogP contribution is 2.42. The maximum absolute atomic E-state index is 9.84. The summed E-state index contributed by atoms with van der Waals surface area (Å²) in [6, 6.07) is 5.54. The second-order valence-corrected chi connectivity index (χ2v) is 11.9. The van der Waals surface area contributed by atoms with Gasteiger partial charge in [0.05, 0.1) is 71.9 Å². The molecule has 0 atom stereocenters. The van der Waals surface area contributed by atoms with E-state index in [4.69, 9.17) is 13.7 Å². The van der Waals surface area contributed by atoms with Crippen molar-refractivity contribution in [3.8, 4) is 28.2 Å². The van der Waals surface area contributed by atoms with Gasteiger partial charge in [-0.3, -0.25) is 0 Å². The van der Waals surface area contributed by atoms with Gasteiger partial charge in [-0.05, 0) is 66.0 Å². The molecule has 3 heterocycles. The highest BCUT2D eigenvalue weighted by atomic mass is 15.0. The molecule has 0 bridgehead atoms. The molecule has 0 amide bonds. The number of hydrogen-bond acceptors (Lipinski definition) is 0. The Morgan fingerprint density at radius 2 is 0.902 bits per heavy atom. The summed E-state index contributed by atoms with van der Waals surface area (Å²) in [5, 5.41) is -1.12. The quantitative estimate of drug-likeness (QED) is 0.177. The topological polar surface area (TPSA) is 14.8 Å². The van der Waals surface area contributed by atoms with Gasteiger partial charge >= 0.3 is 0 Å². The van der Waals surface area contributed by atoms with Crippen molar-refractivity contribution in [2.24, 2.45) is 0 Å². The minimum absolute atomic E-state index is 0.0134. The van der Waals surface area contributed by atoms with E-state index >= 15 is 0 Å². The highest BCUT2D eigenvalue weighted by Gasteiger charge is 2.21. The van der Waals surface area contributed by atoms with Gasteiger partial charge in [0.15, 0.2) is 0 Å². The van der Waals surface area contributed by atoms with Gasteiger partial charge in [0.2, 0.25) is 0 Å². The molecule has 0 unspecified atom stereocenters. The molecule has 238 valence electrons. The van der Waals surface area contributed by atoms with E-state index in [0.29, 0.717) is 11.3 Å². The molecule has 0 aliphatic heterocycles. The molecule has 0 N–H and O–H groups in total. The number of hydrogen-bond donors (Lipinski definition) is 0. The first-order chi connectivity index (χ1) is 33.6. The molecule has 3 aromatic heterocycles. The summed E-state index contributed by atoms with van der Waals surface area (Å²) in [5.41, 5.74) is -0.541. The molecular weight excluding hydrogens is 619 g/mol. The van der Waals surface area contributed by atoms with Crippen LogP contribution in [0, 0.1) is 0 Å². The average Bonchev–Trinajstić information content (AvgIpc) is 4.02. The van der Waals surface area contributed by atoms with Gasteiger partial charge in [0.25, 0.3) is 0 Å². The molecule has 11 rings (SSSR count). The Hall–Kier alpha value is -6.84. The minimum atomic E-state index is -0.820. The van der Waals surface area contributed by atoms with Crippen LogP contribution in [0.4, 0.5) is 0 Å². The fourth-order valence-electron chi connectivity index (χ4n) is 7.15. The smallest absolute Gasteiger partial charge is 0.0646 e. The summed E-state index contributed by atoms with van der Waals surface area (Å²) in [6.07, 6.45) is 0. The van der Waals surface area contributed by atoms with Crippen LogP contribution in [-0.2, 0) is 0 Å². The Kier molecular flexibility index (Phi) is 3.18. The summed E-state index contributed by atoms with van der Waals surface area (Å²) in [7, 11) is 0. The third-order valence-electron chi connectivity index (χ3n) is 9.23. The molecule has 3 heteroatoms. The zero-order chi connectivity index (χ0) is 50.9. The Bertz CT molecular complexity index is 4210. The molecule has 0 saturated carbocycles. The number of aromatic nitrogens is 3. The van der Waals surface area contributed by atoms with Crippen molar-refractivity contribution in [3.05, 3.63) is 188 Å². The molecular formula is C48H31N3. The lowest BCUT2D eigenvalue weighted by atomic mass is 10.0. The number of fused-ring (bicyclic) bond motifs is 9. The molecule has 0 spiro atoms. The van der Waals surface area contributed by atoms with Crippen molar-refractivity contribution in [1.29, 1.82) is 0 Å². The average molecular weight is 670 g/mol. The van der Waals surface area contributed by atoms with Crippen molar-refractivity contribution >= 4 is 65.4 Å². The Balaban J connectivity index is 1.39. The fourth-order valence-corrected chi connectivity index (χ4v) is 7.15. The van der Waals surface area contributed by atoms with Crippen LogP contribution in [0.5, 0.6) is 0 Å². The molecule has 8 aromatic carbocycles. The molecule has 51 heavy (non-hydrogen) atoms. The standard InChI is InChI=1S/C48H31N3/c1-2-15-32(16-3-1)34-17-4-9-22-40(34)50-43-25-12-7-20-37(43)39-31-33(29-30-45(39)50)49-44-26-13-8-21-38(44)48-46(49)27-14-28-47(48)51-41-23-10-5-18-35(41)36-19-6-11-24-42(36)51/h1-31H/i5D,6D,7D,8D,10D,11D,12D,13D,14D,18D,19D,20D,23D,24D,25D,26D,27D,28D,29D,30D. The molecule has 0 radical (unpaired) electrons. The van der Waals surface area contributed by atoms with Gasteiger partial charge < -0.3 is 13.7 Å². The molecule has 0 saturated heterocycles.